The molecule has 0 bridgehead atoms. The molecule has 0 saturated heterocycles. The molecule has 0 aliphatic carbocycles. The van der Waals surface area contributed by atoms with Gasteiger partial charge in [-0.2, -0.15) is 8.78 Å². The molecule has 0 aromatic heterocycles. The van der Waals surface area contributed by atoms with Crippen molar-refractivity contribution >= 4 is 17.4 Å². The minimum atomic E-state index is -3.82. The highest BCUT2D eigenvalue weighted by atomic mass is 35.5. The number of ketones is 1. The van der Waals surface area contributed by atoms with Gasteiger partial charge >= 0.3 is 5.38 Å². The lowest BCUT2D eigenvalue weighted by molar-refractivity contribution is 0.0536. The molecule has 0 spiro atoms. The first-order valence-electron chi connectivity index (χ1n) is 6.65. The van der Waals surface area contributed by atoms with Crippen LogP contribution >= 0.6 is 11.6 Å². The van der Waals surface area contributed by atoms with Crippen molar-refractivity contribution in [2.45, 2.75) is 50.8 Å². The molecule has 0 atom stereocenters. The van der Waals surface area contributed by atoms with Crippen molar-refractivity contribution in [2.75, 3.05) is 0 Å². The molecule has 0 amide bonds. The molecule has 0 unspecified atom stereocenters. The topological polar surface area (TPSA) is 17.1 Å². The average Bonchev–Trinajstić information content (AvgIpc) is 2.37. The van der Waals surface area contributed by atoms with E-state index < -0.39 is 11.2 Å². The fraction of sp³-hybridized carbons (Fsp3) is 0.533. The molecule has 106 valence electrons. The van der Waals surface area contributed by atoms with Crippen LogP contribution in [0.3, 0.4) is 0 Å². The summed E-state index contributed by atoms with van der Waals surface area (Å²) < 4.78 is 25.3. The van der Waals surface area contributed by atoms with Crippen molar-refractivity contribution in [3.05, 3.63) is 35.4 Å². The Kier molecular flexibility index (Phi) is 6.43. The van der Waals surface area contributed by atoms with Crippen LogP contribution in [0.25, 0.3) is 0 Å². The van der Waals surface area contributed by atoms with Crippen LogP contribution in [0.15, 0.2) is 24.3 Å². The molecule has 1 aromatic rings. The van der Waals surface area contributed by atoms with Crippen molar-refractivity contribution in [1.82, 2.24) is 0 Å². The van der Waals surface area contributed by atoms with Crippen molar-refractivity contribution in [3.8, 4) is 0 Å². The van der Waals surface area contributed by atoms with Crippen molar-refractivity contribution in [2.24, 2.45) is 0 Å². The van der Waals surface area contributed by atoms with Gasteiger partial charge in [0, 0.05) is 5.56 Å². The lowest BCUT2D eigenvalue weighted by atomic mass is 10.0. The van der Waals surface area contributed by atoms with Crippen LogP contribution in [0.1, 0.15) is 54.9 Å². The van der Waals surface area contributed by atoms with Gasteiger partial charge in [0.15, 0.2) is 0 Å². The third-order valence-corrected chi connectivity index (χ3v) is 3.21. The fourth-order valence-corrected chi connectivity index (χ4v) is 2.03. The second-order valence-corrected chi connectivity index (χ2v) is 5.16. The first-order chi connectivity index (χ1) is 8.95. The number of alkyl halides is 3. The zero-order valence-electron chi connectivity index (χ0n) is 11.1. The number of unbranched alkanes of at least 4 members (excludes halogenated alkanes) is 4. The monoisotopic (exact) mass is 288 g/mol. The molecule has 0 fully saturated rings. The standard InChI is InChI=1S/C15H19ClF2O/c1-2-3-4-5-6-7-12-8-10-13(11-9-12)14(19)15(16,17)18/h8-11H,2-7H2,1H3. The number of rotatable bonds is 8. The van der Waals surface area contributed by atoms with Gasteiger partial charge in [0.25, 0.3) is 0 Å². The van der Waals surface area contributed by atoms with E-state index in [9.17, 15) is 13.6 Å². The van der Waals surface area contributed by atoms with Gasteiger partial charge in [-0.15, -0.1) is 0 Å². The SMILES string of the molecule is CCCCCCCc1ccc(C(=O)C(F)(F)Cl)cc1. The Hall–Kier alpha value is -0.960. The number of carbonyl (C=O) groups excluding carboxylic acids is 1. The summed E-state index contributed by atoms with van der Waals surface area (Å²) in [6.07, 6.45) is 6.86. The van der Waals surface area contributed by atoms with Gasteiger partial charge in [-0.05, 0) is 30.0 Å². The Morgan fingerprint density at radius 2 is 1.68 bits per heavy atom. The second kappa shape index (κ2) is 7.59. The number of hydrogen-bond donors (Lipinski definition) is 0. The molecule has 4 heteroatoms. The van der Waals surface area contributed by atoms with E-state index in [1.807, 2.05) is 0 Å². The van der Waals surface area contributed by atoms with Crippen LogP contribution in [0, 0.1) is 0 Å². The van der Waals surface area contributed by atoms with E-state index in [0.29, 0.717) is 0 Å². The summed E-state index contributed by atoms with van der Waals surface area (Å²) in [5.74, 6) is -1.34. The second-order valence-electron chi connectivity index (χ2n) is 4.69. The van der Waals surface area contributed by atoms with Gasteiger partial charge in [0.2, 0.25) is 5.78 Å². The normalized spacial score (nSPS) is 11.6. The summed E-state index contributed by atoms with van der Waals surface area (Å²) >= 11 is 4.71. The zero-order chi connectivity index (χ0) is 14.3. The van der Waals surface area contributed by atoms with Gasteiger partial charge in [0.1, 0.15) is 0 Å². The van der Waals surface area contributed by atoms with Gasteiger partial charge < -0.3 is 0 Å². The third-order valence-electron chi connectivity index (χ3n) is 3.04. The smallest absolute Gasteiger partial charge is 0.286 e. The number of hydrogen-bond acceptors (Lipinski definition) is 1. The van der Waals surface area contributed by atoms with Crippen LogP contribution in [-0.2, 0) is 6.42 Å². The molecule has 1 aromatic carbocycles. The summed E-state index contributed by atoms with van der Waals surface area (Å²) in [5.41, 5.74) is 1.01. The maximum atomic E-state index is 12.6. The largest absolute Gasteiger partial charge is 0.384 e. The zero-order valence-corrected chi connectivity index (χ0v) is 11.9. The molecule has 1 rings (SSSR count). The first-order valence-corrected chi connectivity index (χ1v) is 7.03. The summed E-state index contributed by atoms with van der Waals surface area (Å²) in [6.45, 7) is 2.17. The van der Waals surface area contributed by atoms with E-state index in [1.165, 1.54) is 37.8 Å². The predicted molar refractivity (Wildman–Crippen MR) is 74.0 cm³/mol. The quantitative estimate of drug-likeness (QED) is 0.364. The van der Waals surface area contributed by atoms with Crippen molar-refractivity contribution in [1.29, 1.82) is 0 Å². The van der Waals surface area contributed by atoms with E-state index in [4.69, 9.17) is 11.6 Å². The predicted octanol–water partition coefficient (Wildman–Crippen LogP) is 5.21. The Labute approximate surface area is 118 Å². The van der Waals surface area contributed by atoms with Crippen LogP contribution in [0.2, 0.25) is 0 Å². The third kappa shape index (κ3) is 5.68. The van der Waals surface area contributed by atoms with Crippen LogP contribution in [-0.4, -0.2) is 11.2 Å². The molecule has 0 saturated carbocycles. The number of Topliss-reactive ketones (excluding diaryl/α,β-unsaturated/α-hetero) is 1. The molecular formula is C15H19ClF2O. The summed E-state index contributed by atoms with van der Waals surface area (Å²) in [7, 11) is 0. The highest BCUT2D eigenvalue weighted by Crippen LogP contribution is 2.24. The van der Waals surface area contributed by atoms with Crippen LogP contribution < -0.4 is 0 Å². The average molecular weight is 289 g/mol. The molecule has 0 heterocycles. The maximum absolute atomic E-state index is 12.6. The summed E-state index contributed by atoms with van der Waals surface area (Å²) in [5, 5.41) is -3.82. The number of benzene rings is 1. The molecule has 1 nitrogen and oxygen atoms in total. The van der Waals surface area contributed by atoms with Gasteiger partial charge in [-0.25, -0.2) is 0 Å². The summed E-state index contributed by atoms with van der Waals surface area (Å²) in [4.78, 5) is 11.2. The molecule has 0 aliphatic heterocycles. The van der Waals surface area contributed by atoms with E-state index in [1.54, 1.807) is 12.1 Å². The van der Waals surface area contributed by atoms with Crippen molar-refractivity contribution in [3.63, 3.8) is 0 Å². The molecule has 0 radical (unpaired) electrons. The molecular weight excluding hydrogens is 270 g/mol. The van der Waals surface area contributed by atoms with E-state index in [2.05, 4.69) is 6.92 Å². The van der Waals surface area contributed by atoms with Crippen molar-refractivity contribution < 1.29 is 13.6 Å². The Morgan fingerprint density at radius 1 is 1.11 bits per heavy atom. The number of aryl methyl sites for hydroxylation is 1. The van der Waals surface area contributed by atoms with Crippen LogP contribution in [0.5, 0.6) is 0 Å². The van der Waals surface area contributed by atoms with Crippen LogP contribution in [0.4, 0.5) is 8.78 Å². The molecule has 19 heavy (non-hydrogen) atoms. The Balaban J connectivity index is 2.46. The number of carbonyl (C=O) groups is 1. The minimum absolute atomic E-state index is 0.0465. The highest BCUT2D eigenvalue weighted by Gasteiger charge is 2.36. The fourth-order valence-electron chi connectivity index (χ4n) is 1.92. The van der Waals surface area contributed by atoms with Gasteiger partial charge in [-0.1, -0.05) is 56.9 Å². The summed E-state index contributed by atoms with van der Waals surface area (Å²) in [6, 6.07) is 6.27. The molecule has 0 N–H and O–H groups in total. The lowest BCUT2D eigenvalue weighted by Crippen LogP contribution is -2.21. The van der Waals surface area contributed by atoms with E-state index in [-0.39, 0.29) is 5.56 Å². The van der Waals surface area contributed by atoms with E-state index in [0.717, 1.165) is 18.4 Å². The Bertz CT molecular complexity index is 396. The van der Waals surface area contributed by atoms with E-state index >= 15 is 0 Å². The number of halogens is 3. The van der Waals surface area contributed by atoms with Gasteiger partial charge in [-0.3, -0.25) is 4.79 Å². The Morgan fingerprint density at radius 3 is 2.21 bits per heavy atom. The maximum Gasteiger partial charge on any atom is 0.384 e. The lowest BCUT2D eigenvalue weighted by Gasteiger charge is -2.07. The molecule has 0 aliphatic rings. The first kappa shape index (κ1) is 16.1. The minimum Gasteiger partial charge on any atom is -0.286 e. The highest BCUT2D eigenvalue weighted by molar-refractivity contribution is 6.35. The van der Waals surface area contributed by atoms with Gasteiger partial charge in [0.05, 0.1) is 0 Å².